The number of thioether (sulfide) groups is 1. The lowest BCUT2D eigenvalue weighted by atomic mass is 10.1. The van der Waals surface area contributed by atoms with Crippen LogP contribution in [0.5, 0.6) is 0 Å². The second-order valence-electron chi connectivity index (χ2n) is 7.06. The highest BCUT2D eigenvalue weighted by Crippen LogP contribution is 2.42. The Morgan fingerprint density at radius 1 is 1.00 bits per heavy atom. The minimum Gasteiger partial charge on any atom is -0.321 e. The molecule has 4 rings (SSSR count). The van der Waals surface area contributed by atoms with E-state index in [1.807, 2.05) is 54.6 Å². The zero-order valence-corrected chi connectivity index (χ0v) is 18.4. The van der Waals surface area contributed by atoms with Gasteiger partial charge in [0, 0.05) is 16.4 Å². The van der Waals surface area contributed by atoms with Gasteiger partial charge in [-0.1, -0.05) is 71.9 Å². The van der Waals surface area contributed by atoms with Gasteiger partial charge in [0.15, 0.2) is 0 Å². The van der Waals surface area contributed by atoms with Gasteiger partial charge in [0.25, 0.3) is 5.91 Å². The summed E-state index contributed by atoms with van der Waals surface area (Å²) in [6.07, 6.45) is 0.495. The standard InChI is InChI=1S/C25H18ClN3O2S/c26-18-11-13-19(14-12-18)28-23(30)21(16-27)25-29(20-9-5-2-6-10-20)24(31)22(32-25)15-17-7-3-1-4-8-17/h1-14,22H,15H2,(H,28,30). The molecule has 1 fully saturated rings. The third kappa shape index (κ3) is 4.70. The first-order valence-corrected chi connectivity index (χ1v) is 11.1. The molecule has 2 amide bonds. The van der Waals surface area contributed by atoms with Crippen molar-refractivity contribution in [2.75, 3.05) is 10.2 Å². The third-order valence-corrected chi connectivity index (χ3v) is 6.40. The molecule has 1 heterocycles. The number of carbonyl (C=O) groups excluding carboxylic acids is 2. The van der Waals surface area contributed by atoms with Crippen LogP contribution in [0, 0.1) is 11.3 Å². The second kappa shape index (κ2) is 9.73. The van der Waals surface area contributed by atoms with Crippen molar-refractivity contribution >= 4 is 46.6 Å². The molecule has 0 bridgehead atoms. The lowest BCUT2D eigenvalue weighted by Gasteiger charge is -2.18. The summed E-state index contributed by atoms with van der Waals surface area (Å²) in [4.78, 5) is 27.8. The van der Waals surface area contributed by atoms with Gasteiger partial charge >= 0.3 is 0 Å². The third-order valence-electron chi connectivity index (χ3n) is 4.89. The Kier molecular flexibility index (Phi) is 6.60. The lowest BCUT2D eigenvalue weighted by molar-refractivity contribution is -0.117. The van der Waals surface area contributed by atoms with Gasteiger partial charge in [-0.05, 0) is 48.4 Å². The highest BCUT2D eigenvalue weighted by molar-refractivity contribution is 8.05. The van der Waals surface area contributed by atoms with Crippen molar-refractivity contribution in [3.05, 3.63) is 106 Å². The predicted octanol–water partition coefficient (Wildman–Crippen LogP) is 5.40. The Balaban J connectivity index is 1.70. The Bertz CT molecular complexity index is 1210. The molecule has 1 aliphatic heterocycles. The summed E-state index contributed by atoms with van der Waals surface area (Å²) < 4.78 is 0. The molecule has 0 spiro atoms. The molecule has 3 aromatic rings. The summed E-state index contributed by atoms with van der Waals surface area (Å²) in [5.74, 6) is -0.737. The van der Waals surface area contributed by atoms with Crippen molar-refractivity contribution in [2.24, 2.45) is 0 Å². The van der Waals surface area contributed by atoms with Gasteiger partial charge in [0.05, 0.1) is 5.25 Å². The van der Waals surface area contributed by atoms with Gasteiger partial charge in [-0.2, -0.15) is 5.26 Å². The molecule has 5 nitrogen and oxygen atoms in total. The number of nitrogens with one attached hydrogen (secondary N) is 1. The zero-order chi connectivity index (χ0) is 22.5. The molecule has 7 heteroatoms. The molecule has 1 atom stereocenters. The lowest BCUT2D eigenvalue weighted by Crippen LogP contribution is -2.30. The molecule has 1 unspecified atom stereocenters. The van der Waals surface area contributed by atoms with E-state index in [9.17, 15) is 14.9 Å². The Hall–Kier alpha value is -3.53. The number of anilines is 2. The topological polar surface area (TPSA) is 73.2 Å². The molecule has 3 aromatic carbocycles. The van der Waals surface area contributed by atoms with Gasteiger partial charge in [0.1, 0.15) is 16.7 Å². The fourth-order valence-corrected chi connectivity index (χ4v) is 4.79. The summed E-state index contributed by atoms with van der Waals surface area (Å²) in [5, 5.41) is 13.0. The van der Waals surface area contributed by atoms with Crippen molar-refractivity contribution in [3.8, 4) is 6.07 Å². The summed E-state index contributed by atoms with van der Waals surface area (Å²) in [7, 11) is 0. The van der Waals surface area contributed by atoms with Crippen LogP contribution in [0.2, 0.25) is 5.02 Å². The Morgan fingerprint density at radius 3 is 2.25 bits per heavy atom. The maximum absolute atomic E-state index is 13.4. The first-order valence-electron chi connectivity index (χ1n) is 9.87. The number of para-hydroxylation sites is 1. The maximum atomic E-state index is 13.4. The Morgan fingerprint density at radius 2 is 1.62 bits per heavy atom. The van der Waals surface area contributed by atoms with Crippen LogP contribution in [0.25, 0.3) is 0 Å². The van der Waals surface area contributed by atoms with Crippen LogP contribution in [-0.4, -0.2) is 17.1 Å². The van der Waals surface area contributed by atoms with Crippen molar-refractivity contribution < 1.29 is 9.59 Å². The molecule has 1 saturated heterocycles. The van der Waals surface area contributed by atoms with E-state index >= 15 is 0 Å². The highest BCUT2D eigenvalue weighted by atomic mass is 35.5. The molecule has 1 aliphatic rings. The molecule has 32 heavy (non-hydrogen) atoms. The number of benzene rings is 3. The zero-order valence-electron chi connectivity index (χ0n) is 16.9. The van der Waals surface area contributed by atoms with Gasteiger partial charge in [-0.3, -0.25) is 14.5 Å². The van der Waals surface area contributed by atoms with Crippen molar-refractivity contribution in [1.29, 1.82) is 5.26 Å². The second-order valence-corrected chi connectivity index (χ2v) is 8.69. The summed E-state index contributed by atoms with van der Waals surface area (Å²) >= 11 is 7.15. The van der Waals surface area contributed by atoms with E-state index in [1.54, 1.807) is 36.4 Å². The number of carbonyl (C=O) groups is 2. The molecule has 0 aromatic heterocycles. The molecule has 0 aliphatic carbocycles. The van der Waals surface area contributed by atoms with Crippen LogP contribution in [0.4, 0.5) is 11.4 Å². The van der Waals surface area contributed by atoms with Gasteiger partial charge < -0.3 is 5.32 Å². The van der Waals surface area contributed by atoms with Crippen LogP contribution < -0.4 is 10.2 Å². The number of amides is 2. The van der Waals surface area contributed by atoms with Crippen LogP contribution in [0.3, 0.4) is 0 Å². The van der Waals surface area contributed by atoms with Crippen LogP contribution >= 0.6 is 23.4 Å². The minimum atomic E-state index is -0.577. The molecule has 0 radical (unpaired) electrons. The molecular weight excluding hydrogens is 442 g/mol. The van der Waals surface area contributed by atoms with Gasteiger partial charge in [-0.25, -0.2) is 0 Å². The molecule has 1 N–H and O–H groups in total. The summed E-state index contributed by atoms with van der Waals surface area (Å²) in [6, 6.07) is 27.3. The van der Waals surface area contributed by atoms with E-state index in [0.717, 1.165) is 5.56 Å². The summed E-state index contributed by atoms with van der Waals surface area (Å²) in [6.45, 7) is 0. The van der Waals surface area contributed by atoms with Crippen LogP contribution in [0.15, 0.2) is 95.5 Å². The maximum Gasteiger partial charge on any atom is 0.269 e. The fraction of sp³-hybridized carbons (Fsp3) is 0.0800. The van der Waals surface area contributed by atoms with Crippen LogP contribution in [-0.2, 0) is 16.0 Å². The largest absolute Gasteiger partial charge is 0.321 e. The monoisotopic (exact) mass is 459 g/mol. The molecule has 0 saturated carbocycles. The Labute approximate surface area is 195 Å². The SMILES string of the molecule is N#CC(C(=O)Nc1ccc(Cl)cc1)=C1SC(Cc2ccccc2)C(=O)N1c1ccccc1. The van der Waals surface area contributed by atoms with E-state index in [-0.39, 0.29) is 11.5 Å². The molecular formula is C25H18ClN3O2S. The molecule has 158 valence electrons. The normalized spacial score (nSPS) is 17.1. The smallest absolute Gasteiger partial charge is 0.269 e. The first kappa shape index (κ1) is 21.7. The van der Waals surface area contributed by atoms with Gasteiger partial charge in [-0.15, -0.1) is 0 Å². The van der Waals surface area contributed by atoms with Crippen molar-refractivity contribution in [2.45, 2.75) is 11.7 Å². The number of rotatable bonds is 5. The first-order chi connectivity index (χ1) is 15.6. The van der Waals surface area contributed by atoms with Crippen molar-refractivity contribution in [1.82, 2.24) is 0 Å². The number of nitrogens with zero attached hydrogens (tertiary/aromatic N) is 2. The van der Waals surface area contributed by atoms with E-state index in [4.69, 9.17) is 11.6 Å². The van der Waals surface area contributed by atoms with E-state index in [1.165, 1.54) is 16.7 Å². The number of hydrogen-bond acceptors (Lipinski definition) is 4. The highest BCUT2D eigenvalue weighted by Gasteiger charge is 2.40. The van der Waals surface area contributed by atoms with E-state index in [2.05, 4.69) is 5.32 Å². The number of halogens is 1. The predicted molar refractivity (Wildman–Crippen MR) is 128 cm³/mol. The van der Waals surface area contributed by atoms with Crippen LogP contribution in [0.1, 0.15) is 5.56 Å². The fourth-order valence-electron chi connectivity index (χ4n) is 3.35. The average molecular weight is 460 g/mol. The summed E-state index contributed by atoms with van der Waals surface area (Å²) in [5.41, 5.74) is 2.02. The average Bonchev–Trinajstić information content (AvgIpc) is 3.12. The van der Waals surface area contributed by atoms with E-state index < -0.39 is 11.2 Å². The van der Waals surface area contributed by atoms with E-state index in [0.29, 0.717) is 27.8 Å². The number of hydrogen-bond donors (Lipinski definition) is 1. The number of nitriles is 1. The minimum absolute atomic E-state index is 0.113. The van der Waals surface area contributed by atoms with Crippen molar-refractivity contribution in [3.63, 3.8) is 0 Å². The van der Waals surface area contributed by atoms with Gasteiger partial charge in [0.2, 0.25) is 5.91 Å². The quantitative estimate of drug-likeness (QED) is 0.409.